The lowest BCUT2D eigenvalue weighted by Gasteiger charge is -2.27. The maximum Gasteiger partial charge on any atom is 0.222 e. The average Bonchev–Trinajstić information content (AvgIpc) is 3.04. The Kier molecular flexibility index (Phi) is 4.46. The molecule has 1 atom stereocenters. The Morgan fingerprint density at radius 2 is 2.08 bits per heavy atom. The van der Waals surface area contributed by atoms with Crippen LogP contribution in [0.5, 0.6) is 0 Å². The first-order chi connectivity index (χ1) is 12.1. The van der Waals surface area contributed by atoms with E-state index in [-0.39, 0.29) is 0 Å². The maximum absolute atomic E-state index is 12.0. The molecule has 4 rings (SSSR count). The number of aromatic nitrogens is 3. The Labute approximate surface area is 148 Å². The minimum atomic E-state index is 0.361. The fraction of sp³-hybridized carbons (Fsp3) is 0.632. The Balaban J connectivity index is 1.43. The summed E-state index contributed by atoms with van der Waals surface area (Å²) in [7, 11) is 1.94. The van der Waals surface area contributed by atoms with Gasteiger partial charge < -0.3 is 4.90 Å². The fourth-order valence-corrected chi connectivity index (χ4v) is 4.36. The van der Waals surface area contributed by atoms with Crippen LogP contribution in [0.2, 0.25) is 0 Å². The minimum absolute atomic E-state index is 0.361. The van der Waals surface area contributed by atoms with Gasteiger partial charge >= 0.3 is 0 Å². The van der Waals surface area contributed by atoms with E-state index in [0.29, 0.717) is 11.9 Å². The van der Waals surface area contributed by atoms with Crippen molar-refractivity contribution >= 4 is 16.9 Å². The number of nitrogens with zero attached hydrogens (tertiary/aromatic N) is 5. The van der Waals surface area contributed by atoms with E-state index in [1.807, 2.05) is 24.9 Å². The fourth-order valence-electron chi connectivity index (χ4n) is 4.36. The normalized spacial score (nSPS) is 22.7. The Morgan fingerprint density at radius 1 is 1.20 bits per heavy atom. The van der Waals surface area contributed by atoms with Crippen LogP contribution in [0, 0.1) is 6.92 Å². The van der Waals surface area contributed by atoms with Crippen LogP contribution in [-0.4, -0.2) is 56.1 Å². The van der Waals surface area contributed by atoms with E-state index in [0.717, 1.165) is 75.0 Å². The summed E-state index contributed by atoms with van der Waals surface area (Å²) in [5, 5.41) is 5.61. The first-order valence-electron chi connectivity index (χ1n) is 9.42. The van der Waals surface area contributed by atoms with Crippen LogP contribution in [-0.2, 0) is 18.4 Å². The lowest BCUT2D eigenvalue weighted by atomic mass is 10.1. The zero-order chi connectivity index (χ0) is 17.4. The summed E-state index contributed by atoms with van der Waals surface area (Å²) in [6.45, 7) is 6.08. The molecule has 0 saturated carbocycles. The van der Waals surface area contributed by atoms with Crippen molar-refractivity contribution in [2.75, 3.05) is 19.6 Å². The maximum atomic E-state index is 12.0. The highest BCUT2D eigenvalue weighted by atomic mass is 16.2. The summed E-state index contributed by atoms with van der Waals surface area (Å²) in [6, 6.07) is 2.68. The van der Waals surface area contributed by atoms with Crippen LogP contribution in [0.3, 0.4) is 0 Å². The predicted octanol–water partition coefficient (Wildman–Crippen LogP) is 2.25. The van der Waals surface area contributed by atoms with Crippen molar-refractivity contribution in [2.45, 2.75) is 51.6 Å². The molecule has 2 aromatic rings. The van der Waals surface area contributed by atoms with E-state index in [4.69, 9.17) is 0 Å². The number of fused-ring (bicyclic) bond motifs is 1. The van der Waals surface area contributed by atoms with Gasteiger partial charge in [0.05, 0.1) is 5.69 Å². The van der Waals surface area contributed by atoms with E-state index in [1.165, 1.54) is 5.56 Å². The molecule has 0 bridgehead atoms. The topological polar surface area (TPSA) is 54.3 Å². The predicted molar refractivity (Wildman–Crippen MR) is 97.1 cm³/mol. The molecule has 6 nitrogen and oxygen atoms in total. The van der Waals surface area contributed by atoms with Crippen LogP contribution in [0.15, 0.2) is 12.3 Å². The second-order valence-electron chi connectivity index (χ2n) is 7.48. The van der Waals surface area contributed by atoms with Gasteiger partial charge in [-0.05, 0) is 50.8 Å². The van der Waals surface area contributed by atoms with E-state index >= 15 is 0 Å². The van der Waals surface area contributed by atoms with E-state index in [2.05, 4.69) is 25.9 Å². The average molecular weight is 341 g/mol. The summed E-state index contributed by atoms with van der Waals surface area (Å²) in [5.74, 6) is 0.361. The second-order valence-corrected chi connectivity index (χ2v) is 7.48. The van der Waals surface area contributed by atoms with Crippen molar-refractivity contribution in [2.24, 2.45) is 7.05 Å². The van der Waals surface area contributed by atoms with Crippen LogP contribution < -0.4 is 0 Å². The number of carbonyl (C=O) groups is 1. The van der Waals surface area contributed by atoms with Crippen molar-refractivity contribution in [1.29, 1.82) is 0 Å². The van der Waals surface area contributed by atoms with Gasteiger partial charge in [0, 0.05) is 50.7 Å². The number of aryl methyl sites for hydroxylation is 2. The van der Waals surface area contributed by atoms with Crippen LogP contribution in [0.25, 0.3) is 11.0 Å². The molecule has 2 fully saturated rings. The molecule has 0 N–H and O–H groups in total. The molecule has 0 aromatic carbocycles. The molecule has 134 valence electrons. The Bertz CT molecular complexity index is 783. The molecule has 6 heteroatoms. The molecule has 2 saturated heterocycles. The van der Waals surface area contributed by atoms with E-state index in [9.17, 15) is 4.79 Å². The summed E-state index contributed by atoms with van der Waals surface area (Å²) in [4.78, 5) is 21.3. The van der Waals surface area contributed by atoms with Gasteiger partial charge in [0.15, 0.2) is 5.65 Å². The monoisotopic (exact) mass is 341 g/mol. The van der Waals surface area contributed by atoms with Gasteiger partial charge in [0.25, 0.3) is 0 Å². The summed E-state index contributed by atoms with van der Waals surface area (Å²) in [5.41, 5.74) is 3.24. The molecule has 2 aliphatic heterocycles. The molecule has 2 aromatic heterocycles. The van der Waals surface area contributed by atoms with Gasteiger partial charge in [0.1, 0.15) is 0 Å². The highest BCUT2D eigenvalue weighted by molar-refractivity contribution is 5.79. The quantitative estimate of drug-likeness (QED) is 0.859. The zero-order valence-electron chi connectivity index (χ0n) is 15.2. The first kappa shape index (κ1) is 16.5. The molecule has 0 spiro atoms. The van der Waals surface area contributed by atoms with E-state index in [1.54, 1.807) is 0 Å². The molecule has 1 amide bonds. The Morgan fingerprint density at radius 3 is 2.88 bits per heavy atom. The SMILES string of the molecule is Cc1nn(C)c2ncc(CN3CCCC(N4CCCC4=O)CC3)cc12. The van der Waals surface area contributed by atoms with Crippen molar-refractivity contribution in [3.8, 4) is 0 Å². The van der Waals surface area contributed by atoms with Crippen molar-refractivity contribution < 1.29 is 4.79 Å². The van der Waals surface area contributed by atoms with E-state index < -0.39 is 0 Å². The third-order valence-corrected chi connectivity index (χ3v) is 5.67. The summed E-state index contributed by atoms with van der Waals surface area (Å²) in [6.07, 6.45) is 7.16. The van der Waals surface area contributed by atoms with Crippen LogP contribution in [0.1, 0.15) is 43.4 Å². The third kappa shape index (κ3) is 3.27. The smallest absolute Gasteiger partial charge is 0.222 e. The molecule has 25 heavy (non-hydrogen) atoms. The van der Waals surface area contributed by atoms with Crippen LogP contribution >= 0.6 is 0 Å². The Hall–Kier alpha value is -1.95. The van der Waals surface area contributed by atoms with Gasteiger partial charge in [-0.2, -0.15) is 5.10 Å². The zero-order valence-corrected chi connectivity index (χ0v) is 15.2. The number of pyridine rings is 1. The summed E-state index contributed by atoms with van der Waals surface area (Å²) >= 11 is 0. The third-order valence-electron chi connectivity index (χ3n) is 5.67. The van der Waals surface area contributed by atoms with Crippen molar-refractivity contribution in [1.82, 2.24) is 24.6 Å². The van der Waals surface area contributed by atoms with Gasteiger partial charge in [0.2, 0.25) is 5.91 Å². The van der Waals surface area contributed by atoms with Crippen LogP contribution in [0.4, 0.5) is 0 Å². The number of rotatable bonds is 3. The highest BCUT2D eigenvalue weighted by Gasteiger charge is 2.29. The molecule has 0 radical (unpaired) electrons. The number of amides is 1. The lowest BCUT2D eigenvalue weighted by Crippen LogP contribution is -2.37. The van der Waals surface area contributed by atoms with Gasteiger partial charge in [-0.1, -0.05) is 0 Å². The number of carbonyl (C=O) groups excluding carboxylic acids is 1. The van der Waals surface area contributed by atoms with Gasteiger partial charge in [-0.15, -0.1) is 0 Å². The highest BCUT2D eigenvalue weighted by Crippen LogP contribution is 2.23. The molecule has 2 aliphatic rings. The van der Waals surface area contributed by atoms with Gasteiger partial charge in [-0.25, -0.2) is 4.98 Å². The molecule has 4 heterocycles. The van der Waals surface area contributed by atoms with Crippen molar-refractivity contribution in [3.63, 3.8) is 0 Å². The lowest BCUT2D eigenvalue weighted by molar-refractivity contribution is -0.129. The molecule has 0 aliphatic carbocycles. The molecular formula is C19H27N5O. The molecule has 1 unspecified atom stereocenters. The second kappa shape index (κ2) is 6.75. The number of likely N-dealkylation sites (tertiary alicyclic amines) is 2. The number of hydrogen-bond acceptors (Lipinski definition) is 4. The van der Waals surface area contributed by atoms with Gasteiger partial charge in [-0.3, -0.25) is 14.4 Å². The largest absolute Gasteiger partial charge is 0.340 e. The standard InChI is InChI=1S/C19H27N5O/c1-14-17-11-15(12-20-19(17)22(2)21-14)13-23-8-3-5-16(7-10-23)24-9-4-6-18(24)25/h11-12,16H,3-10,13H2,1-2H3. The first-order valence-corrected chi connectivity index (χ1v) is 9.42. The van der Waals surface area contributed by atoms with Crippen molar-refractivity contribution in [3.05, 3.63) is 23.5 Å². The summed E-state index contributed by atoms with van der Waals surface area (Å²) < 4.78 is 1.85. The molecular weight excluding hydrogens is 314 g/mol. The minimum Gasteiger partial charge on any atom is -0.340 e. The number of hydrogen-bond donors (Lipinski definition) is 0.